The van der Waals surface area contributed by atoms with Crippen molar-refractivity contribution in [3.63, 3.8) is 0 Å². The number of anilines is 1. The lowest BCUT2D eigenvalue weighted by Gasteiger charge is -2.20. The van der Waals surface area contributed by atoms with Crippen LogP contribution in [0, 0.1) is 5.92 Å². The van der Waals surface area contributed by atoms with Gasteiger partial charge in [0.2, 0.25) is 5.91 Å². The molecule has 132 valence electrons. The zero-order valence-corrected chi connectivity index (χ0v) is 14.7. The number of guanidine groups is 1. The first-order chi connectivity index (χ1) is 11.7. The summed E-state index contributed by atoms with van der Waals surface area (Å²) in [4.78, 5) is 18.3. The molecule has 3 N–H and O–H groups in total. The van der Waals surface area contributed by atoms with Gasteiger partial charge < -0.3 is 20.9 Å². The Morgan fingerprint density at radius 1 is 1.17 bits per heavy atom. The van der Waals surface area contributed by atoms with Gasteiger partial charge in [-0.2, -0.15) is 0 Å². The van der Waals surface area contributed by atoms with Gasteiger partial charge >= 0.3 is 0 Å². The van der Waals surface area contributed by atoms with Gasteiger partial charge in [0.1, 0.15) is 0 Å². The quantitative estimate of drug-likeness (QED) is 0.361. The third-order valence-corrected chi connectivity index (χ3v) is 3.91. The van der Waals surface area contributed by atoms with Crippen molar-refractivity contribution in [2.75, 3.05) is 44.7 Å². The van der Waals surface area contributed by atoms with Crippen LogP contribution in [0.1, 0.15) is 19.8 Å². The Morgan fingerprint density at radius 2 is 1.92 bits per heavy atom. The smallest absolute Gasteiger partial charge is 0.223 e. The highest BCUT2D eigenvalue weighted by atomic mass is 16.2. The number of carbonyl (C=O) groups excluding carboxylic acids is 1. The summed E-state index contributed by atoms with van der Waals surface area (Å²) < 4.78 is 0. The standard InChI is InChI=1S/C18H29N5O/c1-3-19-18(21-12-11-20-17(24)15-9-10-15)22-13-14-23(2)16-7-5-4-6-8-16/h4-8,15H,3,9-14H2,1-2H3,(H,20,24)(H2,19,21,22). The number of nitrogens with one attached hydrogen (secondary N) is 3. The highest BCUT2D eigenvalue weighted by molar-refractivity contribution is 5.81. The molecule has 2 rings (SSSR count). The van der Waals surface area contributed by atoms with Crippen molar-refractivity contribution in [1.29, 1.82) is 0 Å². The largest absolute Gasteiger partial charge is 0.373 e. The van der Waals surface area contributed by atoms with E-state index in [9.17, 15) is 4.79 Å². The van der Waals surface area contributed by atoms with Crippen molar-refractivity contribution in [3.8, 4) is 0 Å². The Morgan fingerprint density at radius 3 is 2.58 bits per heavy atom. The number of rotatable bonds is 9. The maximum atomic E-state index is 11.6. The van der Waals surface area contributed by atoms with Crippen LogP contribution < -0.4 is 20.9 Å². The molecule has 24 heavy (non-hydrogen) atoms. The van der Waals surface area contributed by atoms with Gasteiger partial charge in [0, 0.05) is 44.8 Å². The number of para-hydroxylation sites is 1. The summed E-state index contributed by atoms with van der Waals surface area (Å²) in [6.45, 7) is 5.72. The third kappa shape index (κ3) is 6.48. The minimum atomic E-state index is 0.174. The fourth-order valence-electron chi connectivity index (χ4n) is 2.33. The Bertz CT molecular complexity index is 527. The molecule has 0 heterocycles. The molecule has 0 bridgehead atoms. The third-order valence-electron chi connectivity index (χ3n) is 3.91. The van der Waals surface area contributed by atoms with Crippen LogP contribution in [0.2, 0.25) is 0 Å². The van der Waals surface area contributed by atoms with Gasteiger partial charge in [-0.1, -0.05) is 18.2 Å². The Hall–Kier alpha value is -2.24. The molecule has 0 atom stereocenters. The molecule has 1 fully saturated rings. The zero-order chi connectivity index (χ0) is 17.2. The fourth-order valence-corrected chi connectivity index (χ4v) is 2.33. The Labute approximate surface area is 144 Å². The van der Waals surface area contributed by atoms with Crippen molar-refractivity contribution >= 4 is 17.6 Å². The summed E-state index contributed by atoms with van der Waals surface area (Å²) in [5, 5.41) is 9.48. The van der Waals surface area contributed by atoms with Crippen LogP contribution in [0.25, 0.3) is 0 Å². The molecule has 0 aliphatic heterocycles. The lowest BCUT2D eigenvalue weighted by atomic mass is 10.3. The molecule has 0 spiro atoms. The van der Waals surface area contributed by atoms with E-state index in [1.54, 1.807) is 0 Å². The predicted octanol–water partition coefficient (Wildman–Crippen LogP) is 1.20. The van der Waals surface area contributed by atoms with Crippen molar-refractivity contribution in [2.45, 2.75) is 19.8 Å². The number of likely N-dealkylation sites (N-methyl/N-ethyl adjacent to an activating group) is 1. The second-order valence-corrected chi connectivity index (χ2v) is 6.01. The molecule has 1 saturated carbocycles. The van der Waals surface area contributed by atoms with Crippen molar-refractivity contribution < 1.29 is 4.79 Å². The zero-order valence-electron chi connectivity index (χ0n) is 14.7. The lowest BCUT2D eigenvalue weighted by molar-refractivity contribution is -0.122. The van der Waals surface area contributed by atoms with E-state index >= 15 is 0 Å². The first-order valence-corrected chi connectivity index (χ1v) is 8.76. The van der Waals surface area contributed by atoms with E-state index in [1.165, 1.54) is 5.69 Å². The van der Waals surface area contributed by atoms with E-state index in [2.05, 4.69) is 45.0 Å². The second-order valence-electron chi connectivity index (χ2n) is 6.01. The molecule has 1 aromatic rings. The average Bonchev–Trinajstić information content (AvgIpc) is 3.44. The number of aliphatic imine (C=N–C) groups is 1. The molecule has 6 nitrogen and oxygen atoms in total. The van der Waals surface area contributed by atoms with Gasteiger partial charge in [-0.3, -0.25) is 9.79 Å². The molecular weight excluding hydrogens is 302 g/mol. The summed E-state index contributed by atoms with van der Waals surface area (Å²) in [5.41, 5.74) is 1.20. The summed E-state index contributed by atoms with van der Waals surface area (Å²) in [6, 6.07) is 10.3. The van der Waals surface area contributed by atoms with Crippen LogP contribution in [-0.2, 0) is 4.79 Å². The van der Waals surface area contributed by atoms with Crippen LogP contribution in [0.5, 0.6) is 0 Å². The van der Waals surface area contributed by atoms with Crippen molar-refractivity contribution in [3.05, 3.63) is 30.3 Å². The minimum absolute atomic E-state index is 0.174. The van der Waals surface area contributed by atoms with Crippen LogP contribution >= 0.6 is 0 Å². The van der Waals surface area contributed by atoms with Crippen LogP contribution in [-0.4, -0.2) is 51.6 Å². The van der Waals surface area contributed by atoms with Gasteiger partial charge in [0.05, 0.1) is 6.54 Å². The summed E-state index contributed by atoms with van der Waals surface area (Å²) in [7, 11) is 2.08. The van der Waals surface area contributed by atoms with E-state index in [1.807, 2.05) is 25.1 Å². The highest BCUT2D eigenvalue weighted by Gasteiger charge is 2.28. The van der Waals surface area contributed by atoms with E-state index in [0.717, 1.165) is 38.4 Å². The van der Waals surface area contributed by atoms with Gasteiger partial charge in [-0.05, 0) is 31.9 Å². The number of benzene rings is 1. The summed E-state index contributed by atoms with van der Waals surface area (Å²) in [6.07, 6.45) is 2.07. The molecule has 1 amide bonds. The Balaban J connectivity index is 1.67. The molecular formula is C18H29N5O. The Kier molecular flexibility index (Phi) is 7.39. The van der Waals surface area contributed by atoms with E-state index in [-0.39, 0.29) is 11.8 Å². The van der Waals surface area contributed by atoms with Crippen LogP contribution in [0.4, 0.5) is 5.69 Å². The second kappa shape index (κ2) is 9.80. The molecule has 6 heteroatoms. The van der Waals surface area contributed by atoms with Crippen molar-refractivity contribution in [1.82, 2.24) is 16.0 Å². The molecule has 0 unspecified atom stereocenters. The topological polar surface area (TPSA) is 68.8 Å². The van der Waals surface area contributed by atoms with Gasteiger partial charge in [0.15, 0.2) is 5.96 Å². The van der Waals surface area contributed by atoms with Gasteiger partial charge in [-0.25, -0.2) is 0 Å². The molecule has 1 aliphatic carbocycles. The number of hydrogen-bond donors (Lipinski definition) is 3. The number of nitrogens with zero attached hydrogens (tertiary/aromatic N) is 2. The van der Waals surface area contributed by atoms with E-state index in [4.69, 9.17) is 0 Å². The molecule has 0 aromatic heterocycles. The maximum absolute atomic E-state index is 11.6. The average molecular weight is 331 g/mol. The molecule has 1 aromatic carbocycles. The summed E-state index contributed by atoms with van der Waals surface area (Å²) >= 11 is 0. The molecule has 1 aliphatic rings. The van der Waals surface area contributed by atoms with Gasteiger partial charge in [-0.15, -0.1) is 0 Å². The van der Waals surface area contributed by atoms with Gasteiger partial charge in [0.25, 0.3) is 0 Å². The SMILES string of the molecule is CCNC(=NCCNC(=O)C1CC1)NCCN(C)c1ccccc1. The lowest BCUT2D eigenvalue weighted by Crippen LogP contribution is -2.41. The first-order valence-electron chi connectivity index (χ1n) is 8.76. The van der Waals surface area contributed by atoms with E-state index in [0.29, 0.717) is 13.1 Å². The van der Waals surface area contributed by atoms with Crippen LogP contribution in [0.3, 0.4) is 0 Å². The number of hydrogen-bond acceptors (Lipinski definition) is 3. The molecule has 0 saturated heterocycles. The van der Waals surface area contributed by atoms with E-state index < -0.39 is 0 Å². The number of amides is 1. The van der Waals surface area contributed by atoms with Crippen LogP contribution in [0.15, 0.2) is 35.3 Å². The fraction of sp³-hybridized carbons (Fsp3) is 0.556. The molecule has 0 radical (unpaired) electrons. The normalized spacial score (nSPS) is 14.2. The monoisotopic (exact) mass is 331 g/mol. The summed E-state index contributed by atoms with van der Waals surface area (Å²) in [5.74, 6) is 1.22. The first kappa shape index (κ1) is 18.1. The minimum Gasteiger partial charge on any atom is -0.373 e. The highest BCUT2D eigenvalue weighted by Crippen LogP contribution is 2.28. The number of carbonyl (C=O) groups is 1. The predicted molar refractivity (Wildman–Crippen MR) is 99.4 cm³/mol. The maximum Gasteiger partial charge on any atom is 0.223 e. The van der Waals surface area contributed by atoms with Crippen molar-refractivity contribution in [2.24, 2.45) is 10.9 Å².